The second-order valence-electron chi connectivity index (χ2n) is 9.16. The van der Waals surface area contributed by atoms with Gasteiger partial charge in [0.25, 0.3) is 5.56 Å². The van der Waals surface area contributed by atoms with Crippen LogP contribution >= 0.6 is 0 Å². The van der Waals surface area contributed by atoms with Crippen molar-refractivity contribution >= 4 is 16.6 Å². The van der Waals surface area contributed by atoms with Gasteiger partial charge in [-0.3, -0.25) is 4.79 Å². The number of nitrogens with zero attached hydrogens (tertiary/aromatic N) is 4. The zero-order valence-corrected chi connectivity index (χ0v) is 18.9. The Morgan fingerprint density at radius 1 is 1.12 bits per heavy atom. The average Bonchev–Trinajstić information content (AvgIpc) is 3.53. The van der Waals surface area contributed by atoms with Crippen LogP contribution in [0.25, 0.3) is 16.6 Å². The highest BCUT2D eigenvalue weighted by atomic mass is 16.5. The molecule has 0 atom stereocenters. The van der Waals surface area contributed by atoms with Gasteiger partial charge in [0, 0.05) is 54.9 Å². The summed E-state index contributed by atoms with van der Waals surface area (Å²) in [7, 11) is 1.83. The van der Waals surface area contributed by atoms with E-state index in [4.69, 9.17) is 4.74 Å². The van der Waals surface area contributed by atoms with E-state index in [1.54, 1.807) is 23.2 Å². The van der Waals surface area contributed by atoms with E-state index in [-0.39, 0.29) is 5.56 Å². The number of anilines is 1. The third-order valence-corrected chi connectivity index (χ3v) is 7.03. The lowest BCUT2D eigenvalue weighted by Gasteiger charge is -2.30. The highest BCUT2D eigenvalue weighted by Crippen LogP contribution is 2.29. The Morgan fingerprint density at radius 3 is 2.69 bits per heavy atom. The van der Waals surface area contributed by atoms with Gasteiger partial charge < -0.3 is 24.1 Å². The van der Waals surface area contributed by atoms with E-state index in [2.05, 4.69) is 21.3 Å². The molecular weight excluding hydrogens is 402 g/mol. The molecule has 1 aromatic carbocycles. The maximum absolute atomic E-state index is 12.6. The zero-order chi connectivity index (χ0) is 21.9. The van der Waals surface area contributed by atoms with Crippen LogP contribution in [0, 0.1) is 0 Å². The molecule has 1 saturated heterocycles. The minimum atomic E-state index is 0.00862. The first-order valence-electron chi connectivity index (χ1n) is 11.9. The molecule has 1 saturated carbocycles. The number of aromatic nitrogens is 3. The molecular formula is C25H33N5O2. The Balaban J connectivity index is 1.25. The molecule has 0 bridgehead atoms. The van der Waals surface area contributed by atoms with Crippen molar-refractivity contribution in [2.45, 2.75) is 50.7 Å². The fourth-order valence-corrected chi connectivity index (χ4v) is 5.09. The van der Waals surface area contributed by atoms with Crippen LogP contribution in [0.5, 0.6) is 0 Å². The van der Waals surface area contributed by atoms with Crippen LogP contribution in [0.4, 0.5) is 5.69 Å². The van der Waals surface area contributed by atoms with Crippen molar-refractivity contribution in [1.29, 1.82) is 0 Å². The van der Waals surface area contributed by atoms with E-state index in [1.165, 1.54) is 25.9 Å². The minimum absolute atomic E-state index is 0.00862. The van der Waals surface area contributed by atoms with Crippen molar-refractivity contribution in [3.05, 3.63) is 53.3 Å². The number of likely N-dealkylation sites (tertiary alicyclic amines) is 1. The summed E-state index contributed by atoms with van der Waals surface area (Å²) >= 11 is 0. The number of rotatable bonds is 7. The predicted octanol–water partition coefficient (Wildman–Crippen LogP) is 3.56. The molecule has 3 heterocycles. The third-order valence-electron chi connectivity index (χ3n) is 7.03. The molecule has 170 valence electrons. The second kappa shape index (κ2) is 9.46. The van der Waals surface area contributed by atoms with E-state index in [0.717, 1.165) is 61.1 Å². The third kappa shape index (κ3) is 4.59. The zero-order valence-electron chi connectivity index (χ0n) is 18.9. The lowest BCUT2D eigenvalue weighted by atomic mass is 9.92. The summed E-state index contributed by atoms with van der Waals surface area (Å²) in [5.74, 6) is 0. The molecule has 0 amide bonds. The summed E-state index contributed by atoms with van der Waals surface area (Å²) < 4.78 is 9.87. The topological polar surface area (TPSA) is 64.3 Å². The van der Waals surface area contributed by atoms with Gasteiger partial charge in [-0.1, -0.05) is 0 Å². The van der Waals surface area contributed by atoms with Crippen molar-refractivity contribution in [1.82, 2.24) is 19.0 Å². The number of hydrogen-bond acceptors (Lipinski definition) is 5. The molecule has 1 aliphatic carbocycles. The number of benzene rings is 1. The number of pyridine rings is 1. The van der Waals surface area contributed by atoms with Gasteiger partial charge in [0.1, 0.15) is 0 Å². The molecule has 2 fully saturated rings. The van der Waals surface area contributed by atoms with Gasteiger partial charge in [0.05, 0.1) is 24.6 Å². The lowest BCUT2D eigenvalue weighted by Crippen LogP contribution is -2.32. The van der Waals surface area contributed by atoms with Gasteiger partial charge in [-0.25, -0.2) is 4.98 Å². The van der Waals surface area contributed by atoms with E-state index in [0.29, 0.717) is 12.1 Å². The molecule has 5 rings (SSSR count). The van der Waals surface area contributed by atoms with E-state index in [1.807, 2.05) is 29.9 Å². The molecule has 7 heteroatoms. The quantitative estimate of drug-likeness (QED) is 0.615. The standard InChI is InChI=1S/C25H33N5O2/c1-28-24-9-6-20(30-13-10-26-18-30)16-22(24)23(17-25(28)31)27-19-4-7-21(8-5-19)32-15-14-29-11-2-3-12-29/h6,9-10,13,16-19,21,27H,2-5,7-8,11-12,14-15H2,1H3. The first-order valence-corrected chi connectivity index (χ1v) is 11.9. The van der Waals surface area contributed by atoms with Gasteiger partial charge in [0.15, 0.2) is 0 Å². The summed E-state index contributed by atoms with van der Waals surface area (Å²) in [6, 6.07) is 8.27. The summed E-state index contributed by atoms with van der Waals surface area (Å²) in [5, 5.41) is 4.74. The number of fused-ring (bicyclic) bond motifs is 1. The first-order chi connectivity index (χ1) is 15.7. The van der Waals surface area contributed by atoms with Crippen LogP contribution in [-0.2, 0) is 11.8 Å². The highest BCUT2D eigenvalue weighted by molar-refractivity contribution is 5.93. The Morgan fingerprint density at radius 2 is 1.94 bits per heavy atom. The smallest absolute Gasteiger partial charge is 0.252 e. The fourth-order valence-electron chi connectivity index (χ4n) is 5.09. The van der Waals surface area contributed by atoms with E-state index in [9.17, 15) is 4.79 Å². The number of nitrogens with one attached hydrogen (secondary N) is 1. The van der Waals surface area contributed by atoms with Crippen LogP contribution in [0.15, 0.2) is 47.8 Å². The molecule has 7 nitrogen and oxygen atoms in total. The van der Waals surface area contributed by atoms with Crippen LogP contribution < -0.4 is 10.9 Å². The van der Waals surface area contributed by atoms with Crippen LogP contribution in [-0.4, -0.2) is 57.4 Å². The summed E-state index contributed by atoms with van der Waals surface area (Å²) in [6.07, 6.45) is 12.8. The van der Waals surface area contributed by atoms with E-state index < -0.39 is 0 Å². The highest BCUT2D eigenvalue weighted by Gasteiger charge is 2.23. The van der Waals surface area contributed by atoms with Gasteiger partial charge in [-0.05, 0) is 69.8 Å². The lowest BCUT2D eigenvalue weighted by molar-refractivity contribution is 0.0170. The molecule has 0 unspecified atom stereocenters. The van der Waals surface area contributed by atoms with Crippen molar-refractivity contribution in [2.75, 3.05) is 31.6 Å². The molecule has 0 radical (unpaired) electrons. The van der Waals surface area contributed by atoms with Crippen molar-refractivity contribution < 1.29 is 4.74 Å². The number of aryl methyl sites for hydroxylation is 1. The first kappa shape index (κ1) is 21.2. The number of imidazole rings is 1. The predicted molar refractivity (Wildman–Crippen MR) is 128 cm³/mol. The normalized spacial score (nSPS) is 21.9. The van der Waals surface area contributed by atoms with E-state index >= 15 is 0 Å². The van der Waals surface area contributed by atoms with Crippen molar-refractivity contribution in [3.63, 3.8) is 0 Å². The average molecular weight is 436 g/mol. The van der Waals surface area contributed by atoms with Gasteiger partial charge in [-0.15, -0.1) is 0 Å². The maximum atomic E-state index is 12.6. The molecule has 3 aromatic rings. The monoisotopic (exact) mass is 435 g/mol. The largest absolute Gasteiger partial charge is 0.382 e. The SMILES string of the molecule is Cn1c(=O)cc(NC2CCC(OCCN3CCCC3)CC2)c2cc(-n3ccnc3)ccc21. The van der Waals surface area contributed by atoms with Gasteiger partial charge >= 0.3 is 0 Å². The maximum Gasteiger partial charge on any atom is 0.252 e. The molecule has 2 aromatic heterocycles. The number of ether oxygens (including phenoxy) is 1. The Kier molecular flexibility index (Phi) is 6.28. The van der Waals surface area contributed by atoms with Crippen LogP contribution in [0.3, 0.4) is 0 Å². The second-order valence-corrected chi connectivity index (χ2v) is 9.16. The van der Waals surface area contributed by atoms with Gasteiger partial charge in [0.2, 0.25) is 0 Å². The minimum Gasteiger partial charge on any atom is -0.382 e. The van der Waals surface area contributed by atoms with Crippen LogP contribution in [0.2, 0.25) is 0 Å². The molecule has 1 N–H and O–H groups in total. The fraction of sp³-hybridized carbons (Fsp3) is 0.520. The van der Waals surface area contributed by atoms with Crippen molar-refractivity contribution in [2.24, 2.45) is 7.05 Å². The summed E-state index contributed by atoms with van der Waals surface area (Å²) in [6.45, 7) is 4.37. The Hall–Kier alpha value is -2.64. The van der Waals surface area contributed by atoms with Gasteiger partial charge in [-0.2, -0.15) is 0 Å². The molecule has 1 aliphatic heterocycles. The van der Waals surface area contributed by atoms with Crippen molar-refractivity contribution in [3.8, 4) is 5.69 Å². The molecule has 0 spiro atoms. The molecule has 2 aliphatic rings. The Labute approximate surface area is 189 Å². The number of hydrogen-bond donors (Lipinski definition) is 1. The Bertz CT molecular complexity index is 1090. The summed E-state index contributed by atoms with van der Waals surface area (Å²) in [5.41, 5.74) is 2.90. The van der Waals surface area contributed by atoms with Crippen LogP contribution in [0.1, 0.15) is 38.5 Å². The molecule has 32 heavy (non-hydrogen) atoms. The summed E-state index contributed by atoms with van der Waals surface area (Å²) in [4.78, 5) is 19.2.